The normalized spacial score (nSPS) is 12.4. The van der Waals surface area contributed by atoms with Gasteiger partial charge in [0.05, 0.1) is 37.3 Å². The van der Waals surface area contributed by atoms with Crippen LogP contribution in [0, 0.1) is 0 Å². The second-order valence-corrected chi connectivity index (χ2v) is 8.05. The number of aromatic nitrogens is 2. The third-order valence-corrected chi connectivity index (χ3v) is 5.87. The first-order valence-corrected chi connectivity index (χ1v) is 11.6. The van der Waals surface area contributed by atoms with Crippen molar-refractivity contribution in [3.05, 3.63) is 60.4 Å². The monoisotopic (exact) mass is 489 g/mol. The zero-order valence-electron chi connectivity index (χ0n) is 20.1. The average molecular weight is 490 g/mol. The molecule has 9 nitrogen and oxygen atoms in total. The maximum Gasteiger partial charge on any atom is 0.230 e. The Kier molecular flexibility index (Phi) is 7.01. The van der Waals surface area contributed by atoms with Gasteiger partial charge >= 0.3 is 0 Å². The third-order valence-electron chi connectivity index (χ3n) is 5.87. The van der Waals surface area contributed by atoms with E-state index in [9.17, 15) is 0 Å². The maximum absolute atomic E-state index is 9.07. The SMILES string of the molecule is COc1cc(Oc2ncnc3c(-c4ccc5c(c4)OCCO5)cccc23)cc(OC)c1CNCCO. The number of ether oxygens (including phenoxy) is 5. The first kappa shape index (κ1) is 23.7. The highest BCUT2D eigenvalue weighted by atomic mass is 16.6. The van der Waals surface area contributed by atoms with Gasteiger partial charge in [-0.2, -0.15) is 0 Å². The predicted octanol–water partition coefficient (Wildman–Crippen LogP) is 3.96. The highest BCUT2D eigenvalue weighted by Crippen LogP contribution is 2.40. The van der Waals surface area contributed by atoms with E-state index >= 15 is 0 Å². The highest BCUT2D eigenvalue weighted by molar-refractivity contribution is 5.96. The summed E-state index contributed by atoms with van der Waals surface area (Å²) in [6, 6.07) is 15.3. The molecule has 1 aromatic heterocycles. The molecule has 0 saturated carbocycles. The molecule has 0 fully saturated rings. The van der Waals surface area contributed by atoms with Gasteiger partial charge in [0, 0.05) is 30.8 Å². The number of hydrogen-bond acceptors (Lipinski definition) is 9. The standard InChI is InChI=1S/C27H27N3O6/c1-32-23-13-18(14-24(33-2)21(23)15-28-8-9-31)36-27-20-5-3-4-19(26(20)29-16-30-27)17-6-7-22-25(12-17)35-11-10-34-22/h3-7,12-14,16,28,31H,8-11,15H2,1-2H3. The highest BCUT2D eigenvalue weighted by Gasteiger charge is 2.18. The van der Waals surface area contributed by atoms with E-state index in [0.29, 0.717) is 55.2 Å². The van der Waals surface area contributed by atoms with Gasteiger partial charge in [0.15, 0.2) is 11.5 Å². The predicted molar refractivity (Wildman–Crippen MR) is 134 cm³/mol. The molecule has 0 unspecified atom stereocenters. The Morgan fingerprint density at radius 1 is 0.944 bits per heavy atom. The number of benzene rings is 3. The van der Waals surface area contributed by atoms with Crippen LogP contribution in [0.1, 0.15) is 5.56 Å². The number of nitrogens with one attached hydrogen (secondary N) is 1. The van der Waals surface area contributed by atoms with Gasteiger partial charge in [-0.25, -0.2) is 9.97 Å². The number of hydrogen-bond donors (Lipinski definition) is 2. The van der Waals surface area contributed by atoms with E-state index in [4.69, 9.17) is 28.8 Å². The summed E-state index contributed by atoms with van der Waals surface area (Å²) in [6.07, 6.45) is 1.49. The van der Waals surface area contributed by atoms with Crippen molar-refractivity contribution in [2.45, 2.75) is 6.54 Å². The zero-order chi connectivity index (χ0) is 24.9. The minimum Gasteiger partial charge on any atom is -0.496 e. The van der Waals surface area contributed by atoms with Crippen molar-refractivity contribution in [3.63, 3.8) is 0 Å². The number of para-hydroxylation sites is 1. The van der Waals surface area contributed by atoms with Gasteiger partial charge in [-0.1, -0.05) is 18.2 Å². The molecule has 3 aromatic carbocycles. The molecule has 0 spiro atoms. The van der Waals surface area contributed by atoms with E-state index in [1.165, 1.54) is 6.33 Å². The molecular formula is C27H27N3O6. The van der Waals surface area contributed by atoms with E-state index in [1.807, 2.05) is 36.4 Å². The molecule has 0 bridgehead atoms. The van der Waals surface area contributed by atoms with E-state index in [2.05, 4.69) is 15.3 Å². The number of fused-ring (bicyclic) bond motifs is 2. The minimum absolute atomic E-state index is 0.0425. The quantitative estimate of drug-likeness (QED) is 0.338. The molecule has 0 amide bonds. The molecule has 5 rings (SSSR count). The average Bonchev–Trinajstić information content (AvgIpc) is 2.93. The van der Waals surface area contributed by atoms with Gasteiger partial charge in [0.2, 0.25) is 5.88 Å². The van der Waals surface area contributed by atoms with Crippen molar-refractivity contribution in [1.82, 2.24) is 15.3 Å². The smallest absolute Gasteiger partial charge is 0.230 e. The van der Waals surface area contributed by atoms with Crippen LogP contribution in [0.3, 0.4) is 0 Å². The third kappa shape index (κ3) is 4.71. The van der Waals surface area contributed by atoms with Gasteiger partial charge in [0.1, 0.15) is 36.8 Å². The van der Waals surface area contributed by atoms with Crippen LogP contribution < -0.4 is 29.0 Å². The number of rotatable bonds is 9. The van der Waals surface area contributed by atoms with Crippen molar-refractivity contribution >= 4 is 10.9 Å². The van der Waals surface area contributed by atoms with Crippen molar-refractivity contribution < 1.29 is 28.8 Å². The largest absolute Gasteiger partial charge is 0.496 e. The summed E-state index contributed by atoms with van der Waals surface area (Å²) in [5, 5.41) is 13.0. The first-order valence-electron chi connectivity index (χ1n) is 11.6. The molecule has 186 valence electrons. The first-order chi connectivity index (χ1) is 17.7. The molecule has 9 heteroatoms. The Balaban J connectivity index is 1.51. The summed E-state index contributed by atoms with van der Waals surface area (Å²) < 4.78 is 28.8. The van der Waals surface area contributed by atoms with Crippen LogP contribution in [0.25, 0.3) is 22.0 Å². The van der Waals surface area contributed by atoms with Gasteiger partial charge in [-0.05, 0) is 23.8 Å². The number of nitrogens with zero attached hydrogens (tertiary/aromatic N) is 2. The van der Waals surface area contributed by atoms with Crippen molar-refractivity contribution in [3.8, 4) is 45.8 Å². The Morgan fingerprint density at radius 3 is 2.47 bits per heavy atom. The van der Waals surface area contributed by atoms with Gasteiger partial charge in [-0.15, -0.1) is 0 Å². The van der Waals surface area contributed by atoms with E-state index in [1.54, 1.807) is 26.4 Å². The molecular weight excluding hydrogens is 462 g/mol. The van der Waals surface area contributed by atoms with Crippen LogP contribution in [0.5, 0.6) is 34.6 Å². The molecule has 1 aliphatic heterocycles. The van der Waals surface area contributed by atoms with Crippen LogP contribution in [0.15, 0.2) is 54.9 Å². The Labute approximate surface area is 208 Å². The van der Waals surface area contributed by atoms with Crippen LogP contribution in [0.2, 0.25) is 0 Å². The molecule has 0 radical (unpaired) electrons. The van der Waals surface area contributed by atoms with Gasteiger partial charge < -0.3 is 34.1 Å². The van der Waals surface area contributed by atoms with Gasteiger partial charge in [0.25, 0.3) is 0 Å². The topological polar surface area (TPSA) is 104 Å². The molecule has 4 aromatic rings. The molecule has 2 N–H and O–H groups in total. The summed E-state index contributed by atoms with van der Waals surface area (Å²) in [5.74, 6) is 3.58. The number of methoxy groups -OCH3 is 2. The van der Waals surface area contributed by atoms with Crippen LogP contribution >= 0.6 is 0 Å². The van der Waals surface area contributed by atoms with Crippen molar-refractivity contribution in [2.75, 3.05) is 40.6 Å². The van der Waals surface area contributed by atoms with Gasteiger partial charge in [-0.3, -0.25) is 0 Å². The second kappa shape index (κ2) is 10.7. The molecule has 2 heterocycles. The number of aliphatic hydroxyl groups excluding tert-OH is 1. The van der Waals surface area contributed by atoms with Crippen LogP contribution in [0.4, 0.5) is 0 Å². The lowest BCUT2D eigenvalue weighted by molar-refractivity contribution is 0.171. The zero-order valence-corrected chi connectivity index (χ0v) is 20.1. The summed E-state index contributed by atoms with van der Waals surface area (Å²) in [7, 11) is 3.18. The van der Waals surface area contributed by atoms with Crippen LogP contribution in [-0.4, -0.2) is 55.7 Å². The fraction of sp³-hybridized carbons (Fsp3) is 0.259. The fourth-order valence-corrected chi connectivity index (χ4v) is 4.19. The lowest BCUT2D eigenvalue weighted by atomic mass is 10.0. The molecule has 36 heavy (non-hydrogen) atoms. The van der Waals surface area contributed by atoms with Crippen molar-refractivity contribution in [2.24, 2.45) is 0 Å². The minimum atomic E-state index is 0.0425. The summed E-state index contributed by atoms with van der Waals surface area (Å²) >= 11 is 0. The summed E-state index contributed by atoms with van der Waals surface area (Å²) in [5.41, 5.74) is 3.46. The Hall–Kier alpha value is -4.08. The Bertz CT molecular complexity index is 1350. The van der Waals surface area contributed by atoms with E-state index in [0.717, 1.165) is 33.3 Å². The molecule has 0 saturated heterocycles. The lowest BCUT2D eigenvalue weighted by Crippen LogP contribution is -2.18. The van der Waals surface area contributed by atoms with Crippen LogP contribution in [-0.2, 0) is 6.54 Å². The maximum atomic E-state index is 9.07. The number of aliphatic hydroxyl groups is 1. The molecule has 1 aliphatic rings. The molecule has 0 atom stereocenters. The summed E-state index contributed by atoms with van der Waals surface area (Å²) in [6.45, 7) is 2.05. The summed E-state index contributed by atoms with van der Waals surface area (Å²) in [4.78, 5) is 8.96. The molecule has 0 aliphatic carbocycles. The fourth-order valence-electron chi connectivity index (χ4n) is 4.19. The van der Waals surface area contributed by atoms with E-state index < -0.39 is 0 Å². The van der Waals surface area contributed by atoms with Crippen molar-refractivity contribution in [1.29, 1.82) is 0 Å². The Morgan fingerprint density at radius 2 is 1.72 bits per heavy atom. The second-order valence-electron chi connectivity index (χ2n) is 8.05. The lowest BCUT2D eigenvalue weighted by Gasteiger charge is -2.19. The van der Waals surface area contributed by atoms with E-state index in [-0.39, 0.29) is 6.61 Å².